The van der Waals surface area contributed by atoms with Crippen LogP contribution in [0.25, 0.3) is 16.7 Å². The van der Waals surface area contributed by atoms with Gasteiger partial charge in [0.15, 0.2) is 0 Å². The average Bonchev–Trinajstić information content (AvgIpc) is 3.95. The van der Waals surface area contributed by atoms with E-state index in [-0.39, 0.29) is 6.04 Å². The molecule has 9 rings (SSSR count). The molecule has 0 saturated carbocycles. The lowest BCUT2D eigenvalue weighted by atomic mass is 9.83. The average molecular weight is 670 g/mol. The van der Waals surface area contributed by atoms with Crippen LogP contribution >= 0.6 is 0 Å². The quantitative estimate of drug-likeness (QED) is 0.140. The highest BCUT2D eigenvalue weighted by atomic mass is 15.2. The summed E-state index contributed by atoms with van der Waals surface area (Å²) in [6.45, 7) is 0. The molecular formula is C51H43N. The molecule has 0 heterocycles. The molecule has 0 spiro atoms. The summed E-state index contributed by atoms with van der Waals surface area (Å²) in [4.78, 5) is 2.52. The molecule has 0 bridgehead atoms. The van der Waals surface area contributed by atoms with Gasteiger partial charge < -0.3 is 4.90 Å². The van der Waals surface area contributed by atoms with Crippen LogP contribution in [0.3, 0.4) is 0 Å². The number of hydrogen-bond donors (Lipinski definition) is 0. The van der Waals surface area contributed by atoms with E-state index in [2.05, 4.69) is 199 Å². The predicted octanol–water partition coefficient (Wildman–Crippen LogP) is 13.0. The van der Waals surface area contributed by atoms with Gasteiger partial charge in [0, 0.05) is 23.2 Å². The van der Waals surface area contributed by atoms with Gasteiger partial charge in [-0.15, -0.1) is 0 Å². The Balaban J connectivity index is 0.974. The summed E-state index contributed by atoms with van der Waals surface area (Å²) in [5, 5.41) is 0. The summed E-state index contributed by atoms with van der Waals surface area (Å²) >= 11 is 0. The van der Waals surface area contributed by atoms with Gasteiger partial charge >= 0.3 is 0 Å². The monoisotopic (exact) mass is 669 g/mol. The van der Waals surface area contributed by atoms with E-state index in [0.29, 0.717) is 11.8 Å². The Morgan fingerprint density at radius 3 is 2.08 bits per heavy atom. The lowest BCUT2D eigenvalue weighted by molar-refractivity contribution is 0.787. The standard InChI is InChI=1S/C51H43N/c1-5-15-39(16-6-1)49(40-17-7-2-8-18-40)33-37-27-29-38(30-28-37)42-21-13-22-43(34-42)44-23-14-26-46(35-44)52(45-24-11-4-12-25-45)47-31-32-48-50(36-47)51(48)41-19-9-3-10-20-41/h1,3-7,9-25,27-32,34-36,46,49,51H,2,8,26,33H2. The van der Waals surface area contributed by atoms with Crippen LogP contribution < -0.4 is 4.90 Å². The molecule has 0 saturated heterocycles. The molecule has 0 N–H and O–H groups in total. The highest BCUT2D eigenvalue weighted by Gasteiger charge is 2.35. The van der Waals surface area contributed by atoms with Gasteiger partial charge in [-0.3, -0.25) is 0 Å². The third kappa shape index (κ3) is 6.63. The molecule has 3 aliphatic rings. The fraction of sp³-hybridized carbons (Fsp3) is 0.137. The Morgan fingerprint density at radius 2 is 1.31 bits per heavy atom. The number of rotatable bonds is 10. The van der Waals surface area contributed by atoms with Crippen molar-refractivity contribution in [1.82, 2.24) is 0 Å². The first-order valence-electron chi connectivity index (χ1n) is 18.8. The normalized spacial score (nSPS) is 17.8. The maximum Gasteiger partial charge on any atom is 0.0565 e. The van der Waals surface area contributed by atoms with Crippen molar-refractivity contribution in [3.05, 3.63) is 233 Å². The maximum atomic E-state index is 2.52. The van der Waals surface area contributed by atoms with Crippen molar-refractivity contribution in [1.29, 1.82) is 0 Å². The molecule has 0 radical (unpaired) electrons. The van der Waals surface area contributed by atoms with Crippen LogP contribution in [0, 0.1) is 0 Å². The molecule has 0 fully saturated rings. The van der Waals surface area contributed by atoms with Crippen molar-refractivity contribution in [3.8, 4) is 11.1 Å². The second-order valence-electron chi connectivity index (χ2n) is 14.3. The van der Waals surface area contributed by atoms with Gasteiger partial charge in [-0.1, -0.05) is 164 Å². The predicted molar refractivity (Wildman–Crippen MR) is 219 cm³/mol. The third-order valence-corrected chi connectivity index (χ3v) is 11.0. The summed E-state index contributed by atoms with van der Waals surface area (Å²) in [5.41, 5.74) is 15.9. The SMILES string of the molecule is C1=CC(C(Cc2ccc(-c3cccc(C4=CC(N(c5ccccc5)c5ccc6c(c5)C6c5ccccc5)CC=C4)c3)cc2)c2ccccc2)=CCC1. The van der Waals surface area contributed by atoms with E-state index in [0.717, 1.165) is 25.7 Å². The van der Waals surface area contributed by atoms with E-state index >= 15 is 0 Å². The first-order chi connectivity index (χ1) is 25.8. The van der Waals surface area contributed by atoms with Gasteiger partial charge in [0.2, 0.25) is 0 Å². The summed E-state index contributed by atoms with van der Waals surface area (Å²) in [6, 6.07) is 58.3. The number of fused-ring (bicyclic) bond motifs is 1. The summed E-state index contributed by atoms with van der Waals surface area (Å²) < 4.78 is 0. The molecule has 3 unspecified atom stereocenters. The molecule has 0 aliphatic heterocycles. The molecule has 52 heavy (non-hydrogen) atoms. The van der Waals surface area contributed by atoms with Crippen LogP contribution in [0.4, 0.5) is 11.4 Å². The molecule has 3 atom stereocenters. The van der Waals surface area contributed by atoms with Gasteiger partial charge in [-0.25, -0.2) is 0 Å². The maximum absolute atomic E-state index is 2.52. The van der Waals surface area contributed by atoms with Crippen molar-refractivity contribution < 1.29 is 0 Å². The van der Waals surface area contributed by atoms with Gasteiger partial charge in [0.05, 0.1) is 6.04 Å². The van der Waals surface area contributed by atoms with Gasteiger partial charge in [0.1, 0.15) is 0 Å². The number of hydrogen-bond acceptors (Lipinski definition) is 1. The number of benzene rings is 6. The van der Waals surface area contributed by atoms with Crippen LogP contribution in [-0.4, -0.2) is 6.04 Å². The summed E-state index contributed by atoms with van der Waals surface area (Å²) in [6.07, 6.45) is 18.4. The molecule has 3 aliphatic carbocycles. The Kier molecular flexibility index (Phi) is 8.85. The number of allylic oxidation sites excluding steroid dienone is 6. The second-order valence-corrected chi connectivity index (χ2v) is 14.3. The minimum absolute atomic E-state index is 0.198. The van der Waals surface area contributed by atoms with Gasteiger partial charge in [0.25, 0.3) is 0 Å². The molecule has 0 aromatic heterocycles. The van der Waals surface area contributed by atoms with Crippen molar-refractivity contribution in [2.45, 2.75) is 43.6 Å². The Hall–Kier alpha value is -5.92. The van der Waals surface area contributed by atoms with Crippen molar-refractivity contribution in [2.75, 3.05) is 4.90 Å². The minimum Gasteiger partial charge on any atom is -0.334 e. The van der Waals surface area contributed by atoms with Crippen LogP contribution in [0.15, 0.2) is 200 Å². The topological polar surface area (TPSA) is 3.24 Å². The summed E-state index contributed by atoms with van der Waals surface area (Å²) in [7, 11) is 0. The largest absolute Gasteiger partial charge is 0.334 e. The van der Waals surface area contributed by atoms with Crippen molar-refractivity contribution >= 4 is 16.9 Å². The lowest BCUT2D eigenvalue weighted by Gasteiger charge is -2.33. The zero-order valence-electron chi connectivity index (χ0n) is 29.5. The van der Waals surface area contributed by atoms with Crippen molar-refractivity contribution in [2.24, 2.45) is 0 Å². The van der Waals surface area contributed by atoms with Gasteiger partial charge in [-0.2, -0.15) is 0 Å². The Bertz CT molecular complexity index is 2290. The zero-order chi connectivity index (χ0) is 34.7. The van der Waals surface area contributed by atoms with E-state index in [4.69, 9.17) is 0 Å². The molecule has 1 heteroatoms. The first-order valence-corrected chi connectivity index (χ1v) is 18.8. The highest BCUT2D eigenvalue weighted by molar-refractivity contribution is 5.81. The Morgan fingerprint density at radius 1 is 0.558 bits per heavy atom. The molecule has 1 nitrogen and oxygen atoms in total. The molecule has 6 aromatic rings. The fourth-order valence-electron chi connectivity index (χ4n) is 8.26. The van der Waals surface area contributed by atoms with Crippen LogP contribution in [0.5, 0.6) is 0 Å². The number of nitrogens with zero attached hydrogens (tertiary/aromatic N) is 1. The fourth-order valence-corrected chi connectivity index (χ4v) is 8.26. The second kappa shape index (κ2) is 14.4. The number of anilines is 2. The van der Waals surface area contributed by atoms with E-state index in [1.54, 1.807) is 0 Å². The Labute approximate surface area is 308 Å². The van der Waals surface area contributed by atoms with Crippen LogP contribution in [0.2, 0.25) is 0 Å². The van der Waals surface area contributed by atoms with E-state index < -0.39 is 0 Å². The van der Waals surface area contributed by atoms with Crippen LogP contribution in [0.1, 0.15) is 64.5 Å². The minimum atomic E-state index is 0.198. The highest BCUT2D eigenvalue weighted by Crippen LogP contribution is 2.50. The van der Waals surface area contributed by atoms with Gasteiger partial charge in [-0.05, 0) is 112 Å². The molecular weight excluding hydrogens is 627 g/mol. The lowest BCUT2D eigenvalue weighted by Crippen LogP contribution is -2.30. The van der Waals surface area contributed by atoms with E-state index in [1.165, 1.54) is 67.0 Å². The molecule has 0 amide bonds. The number of para-hydroxylation sites is 1. The molecule has 252 valence electrons. The zero-order valence-corrected chi connectivity index (χ0v) is 29.5. The third-order valence-electron chi connectivity index (χ3n) is 11.0. The van der Waals surface area contributed by atoms with Crippen molar-refractivity contribution in [3.63, 3.8) is 0 Å². The van der Waals surface area contributed by atoms with Crippen LogP contribution in [-0.2, 0) is 6.42 Å². The molecule has 6 aromatic carbocycles. The van der Waals surface area contributed by atoms with E-state index in [1.807, 2.05) is 0 Å². The first kappa shape index (κ1) is 32.0. The summed E-state index contributed by atoms with van der Waals surface area (Å²) in [5.74, 6) is 0.784. The van der Waals surface area contributed by atoms with E-state index in [9.17, 15) is 0 Å². The smallest absolute Gasteiger partial charge is 0.0565 e.